The number of phenolic OH excluding ortho intramolecular Hbond substituents is 1. The van der Waals surface area contributed by atoms with Crippen LogP contribution in [0.25, 0.3) is 10.8 Å². The van der Waals surface area contributed by atoms with Crippen LogP contribution in [0.4, 0.5) is 0 Å². The molecule has 0 aliphatic carbocycles. The number of aromatic hydroxyl groups is 1. The molecule has 1 atom stereocenters. The molecule has 0 heterocycles. The first-order valence-electron chi connectivity index (χ1n) is 7.10. The van der Waals surface area contributed by atoms with Crippen LogP contribution < -0.4 is 0 Å². The number of benzene rings is 3. The maximum Gasteiger partial charge on any atom is 0.115 e. The second-order valence-corrected chi connectivity index (χ2v) is 5.40. The van der Waals surface area contributed by atoms with Gasteiger partial charge in [-0.2, -0.15) is 0 Å². The number of phenols is 1. The number of nitrogens with zero attached hydrogens (tertiary/aromatic N) is 1. The number of hydrogen-bond donors (Lipinski definition) is 1. The summed E-state index contributed by atoms with van der Waals surface area (Å²) in [7, 11) is 0. The molecule has 0 saturated carbocycles. The first-order chi connectivity index (χ1) is 10.8. The highest BCUT2D eigenvalue weighted by Gasteiger charge is 2.11. The highest BCUT2D eigenvalue weighted by Crippen LogP contribution is 2.25. The van der Waals surface area contributed by atoms with E-state index in [2.05, 4.69) is 40.5 Å². The summed E-state index contributed by atoms with van der Waals surface area (Å²) < 4.78 is 0. The number of hydrogen-bond acceptors (Lipinski definition) is 3. The Hall–Kier alpha value is -2.48. The Labute approximate surface area is 134 Å². The second kappa shape index (κ2) is 6.52. The molecule has 0 aliphatic rings. The number of thiocarbonyl (C=S) groups is 1. The van der Waals surface area contributed by atoms with Gasteiger partial charge in [0.25, 0.3) is 0 Å². The average molecular weight is 305 g/mol. The van der Waals surface area contributed by atoms with Crippen molar-refractivity contribution in [1.29, 1.82) is 0 Å². The van der Waals surface area contributed by atoms with Crippen LogP contribution in [0.3, 0.4) is 0 Å². The summed E-state index contributed by atoms with van der Waals surface area (Å²) in [6.07, 6.45) is 0.749. The van der Waals surface area contributed by atoms with Gasteiger partial charge in [-0.15, -0.1) is 0 Å². The molecule has 0 bridgehead atoms. The van der Waals surface area contributed by atoms with E-state index in [1.54, 1.807) is 12.1 Å². The highest BCUT2D eigenvalue weighted by atomic mass is 32.1. The van der Waals surface area contributed by atoms with E-state index in [1.165, 1.54) is 16.3 Å². The van der Waals surface area contributed by atoms with Crippen LogP contribution >= 0.6 is 12.2 Å². The Kier molecular flexibility index (Phi) is 4.29. The van der Waals surface area contributed by atoms with Crippen molar-refractivity contribution in [3.8, 4) is 5.75 Å². The lowest BCUT2D eigenvalue weighted by atomic mass is 9.97. The van der Waals surface area contributed by atoms with Crippen LogP contribution in [-0.2, 0) is 6.42 Å². The molecule has 108 valence electrons. The van der Waals surface area contributed by atoms with E-state index in [-0.39, 0.29) is 11.8 Å². The average Bonchev–Trinajstić information content (AvgIpc) is 2.55. The van der Waals surface area contributed by atoms with Crippen LogP contribution in [0, 0.1) is 0 Å². The van der Waals surface area contributed by atoms with Crippen molar-refractivity contribution in [2.24, 2.45) is 4.99 Å². The predicted molar refractivity (Wildman–Crippen MR) is 93.5 cm³/mol. The van der Waals surface area contributed by atoms with Crippen molar-refractivity contribution in [1.82, 2.24) is 0 Å². The van der Waals surface area contributed by atoms with Crippen LogP contribution in [-0.4, -0.2) is 10.3 Å². The molecule has 0 aromatic heterocycles. The third-order valence-electron chi connectivity index (χ3n) is 3.73. The number of isothiocyanates is 1. The normalized spacial score (nSPS) is 11.8. The van der Waals surface area contributed by atoms with E-state index < -0.39 is 0 Å². The number of rotatable bonds is 4. The van der Waals surface area contributed by atoms with Crippen molar-refractivity contribution in [2.45, 2.75) is 12.5 Å². The minimum Gasteiger partial charge on any atom is -0.508 e. The Morgan fingerprint density at radius 2 is 1.68 bits per heavy atom. The molecular formula is C19H15NOS. The van der Waals surface area contributed by atoms with Gasteiger partial charge >= 0.3 is 0 Å². The molecule has 0 amide bonds. The van der Waals surface area contributed by atoms with Gasteiger partial charge in [0.2, 0.25) is 0 Å². The maximum atomic E-state index is 9.41. The minimum atomic E-state index is -0.0840. The van der Waals surface area contributed by atoms with E-state index in [4.69, 9.17) is 12.2 Å². The van der Waals surface area contributed by atoms with Crippen molar-refractivity contribution < 1.29 is 5.11 Å². The zero-order valence-electron chi connectivity index (χ0n) is 11.9. The Balaban J connectivity index is 1.92. The summed E-state index contributed by atoms with van der Waals surface area (Å²) in [6, 6.07) is 21.7. The topological polar surface area (TPSA) is 32.6 Å². The van der Waals surface area contributed by atoms with Crippen LogP contribution in [0.2, 0.25) is 0 Å². The smallest absolute Gasteiger partial charge is 0.115 e. The predicted octanol–water partition coefficient (Wildman–Crippen LogP) is 4.93. The van der Waals surface area contributed by atoms with E-state index in [0.29, 0.717) is 0 Å². The van der Waals surface area contributed by atoms with E-state index >= 15 is 0 Å². The van der Waals surface area contributed by atoms with Gasteiger partial charge in [0, 0.05) is 0 Å². The molecule has 0 spiro atoms. The fourth-order valence-electron chi connectivity index (χ4n) is 2.59. The molecule has 3 heteroatoms. The fourth-order valence-corrected chi connectivity index (χ4v) is 2.71. The molecule has 0 aliphatic heterocycles. The lowest BCUT2D eigenvalue weighted by molar-refractivity contribution is 0.475. The standard InChI is InChI=1S/C19H15NOS/c21-18-9-7-16(8-10-18)19(20-13-22)12-14-5-6-15-3-1-2-4-17(15)11-14/h1-11,19,21H,12H2. The fraction of sp³-hybridized carbons (Fsp3) is 0.105. The Morgan fingerprint density at radius 3 is 2.41 bits per heavy atom. The van der Waals surface area contributed by atoms with Crippen molar-refractivity contribution in [3.05, 3.63) is 77.9 Å². The van der Waals surface area contributed by atoms with Gasteiger partial charge in [0.1, 0.15) is 5.75 Å². The molecule has 22 heavy (non-hydrogen) atoms. The molecule has 3 rings (SSSR count). The molecule has 0 fully saturated rings. The molecule has 0 radical (unpaired) electrons. The van der Waals surface area contributed by atoms with Crippen molar-refractivity contribution in [3.63, 3.8) is 0 Å². The van der Waals surface area contributed by atoms with Crippen LogP contribution in [0.15, 0.2) is 71.7 Å². The SMILES string of the molecule is Oc1ccc(C(Cc2ccc3ccccc3c2)N=C=S)cc1. The minimum absolute atomic E-state index is 0.0840. The van der Waals surface area contributed by atoms with E-state index in [1.807, 2.05) is 24.3 Å². The second-order valence-electron chi connectivity index (χ2n) is 5.21. The van der Waals surface area contributed by atoms with Crippen molar-refractivity contribution >= 4 is 28.2 Å². The summed E-state index contributed by atoms with van der Waals surface area (Å²) in [5.74, 6) is 0.250. The molecule has 2 nitrogen and oxygen atoms in total. The molecule has 3 aromatic rings. The lowest BCUT2D eigenvalue weighted by Crippen LogP contribution is -2.00. The highest BCUT2D eigenvalue weighted by molar-refractivity contribution is 7.78. The summed E-state index contributed by atoms with van der Waals surface area (Å²) in [4.78, 5) is 4.28. The van der Waals surface area contributed by atoms with Crippen molar-refractivity contribution in [2.75, 3.05) is 0 Å². The van der Waals surface area contributed by atoms with Gasteiger partial charge in [-0.1, -0.05) is 54.6 Å². The molecule has 3 aromatic carbocycles. The number of fused-ring (bicyclic) bond motifs is 1. The number of aliphatic imine (C=N–C) groups is 1. The van der Waals surface area contributed by atoms with Gasteiger partial charge in [-0.05, 0) is 52.7 Å². The molecule has 0 saturated heterocycles. The lowest BCUT2D eigenvalue weighted by Gasteiger charge is -2.12. The third kappa shape index (κ3) is 3.22. The molecule has 1 unspecified atom stereocenters. The Morgan fingerprint density at radius 1 is 0.955 bits per heavy atom. The third-order valence-corrected chi connectivity index (χ3v) is 3.83. The maximum absolute atomic E-state index is 9.41. The quantitative estimate of drug-likeness (QED) is 0.547. The Bertz CT molecular complexity index is 835. The van der Waals surface area contributed by atoms with Gasteiger partial charge in [0.15, 0.2) is 0 Å². The van der Waals surface area contributed by atoms with E-state index in [0.717, 1.165) is 12.0 Å². The summed E-state index contributed by atoms with van der Waals surface area (Å²) in [5, 5.41) is 14.3. The molecular weight excluding hydrogens is 290 g/mol. The van der Waals surface area contributed by atoms with Crippen LogP contribution in [0.1, 0.15) is 17.2 Å². The van der Waals surface area contributed by atoms with Gasteiger partial charge in [-0.3, -0.25) is 0 Å². The zero-order chi connectivity index (χ0) is 15.4. The first-order valence-corrected chi connectivity index (χ1v) is 7.51. The van der Waals surface area contributed by atoms with Gasteiger partial charge < -0.3 is 5.11 Å². The first kappa shape index (κ1) is 14.5. The summed E-state index contributed by atoms with van der Waals surface area (Å²) >= 11 is 4.78. The van der Waals surface area contributed by atoms with Crippen LogP contribution in [0.5, 0.6) is 5.75 Å². The van der Waals surface area contributed by atoms with E-state index in [9.17, 15) is 5.11 Å². The van der Waals surface area contributed by atoms with Gasteiger partial charge in [0.05, 0.1) is 11.2 Å². The summed E-state index contributed by atoms with van der Waals surface area (Å²) in [5.41, 5.74) is 2.22. The monoisotopic (exact) mass is 305 g/mol. The largest absolute Gasteiger partial charge is 0.508 e. The summed E-state index contributed by atoms with van der Waals surface area (Å²) in [6.45, 7) is 0. The molecule has 1 N–H and O–H groups in total. The zero-order valence-corrected chi connectivity index (χ0v) is 12.8. The van der Waals surface area contributed by atoms with Gasteiger partial charge in [-0.25, -0.2) is 4.99 Å².